The van der Waals surface area contributed by atoms with E-state index in [1.54, 1.807) is 0 Å². The lowest BCUT2D eigenvalue weighted by Gasteiger charge is -2.03. The van der Waals surface area contributed by atoms with Gasteiger partial charge in [-0.1, -0.05) is 0 Å². The summed E-state index contributed by atoms with van der Waals surface area (Å²) in [5.74, 6) is -3.26. The normalized spacial score (nSPS) is 11.6. The lowest BCUT2D eigenvalue weighted by Crippen LogP contribution is -2.17. The summed E-state index contributed by atoms with van der Waals surface area (Å²) >= 11 is 0. The molecule has 0 unspecified atom stereocenters. The van der Waals surface area contributed by atoms with E-state index in [4.69, 9.17) is 11.5 Å². The summed E-state index contributed by atoms with van der Waals surface area (Å²) in [6.45, 7) is 0. The van der Waals surface area contributed by atoms with Gasteiger partial charge in [0, 0.05) is 6.20 Å². The molecule has 2 heterocycles. The van der Waals surface area contributed by atoms with Crippen molar-refractivity contribution in [2.75, 3.05) is 5.73 Å². The molecule has 7 nitrogen and oxygen atoms in total. The zero-order valence-corrected chi connectivity index (χ0v) is 9.52. The van der Waals surface area contributed by atoms with Crippen LogP contribution in [-0.2, 0) is 6.18 Å². The third-order valence-electron chi connectivity index (χ3n) is 2.21. The molecule has 20 heavy (non-hydrogen) atoms. The van der Waals surface area contributed by atoms with Crippen LogP contribution < -0.4 is 11.5 Å². The Bertz CT molecular complexity index is 680. The fourth-order valence-corrected chi connectivity index (χ4v) is 1.35. The molecule has 0 saturated carbocycles. The summed E-state index contributed by atoms with van der Waals surface area (Å²) < 4.78 is 51.4. The van der Waals surface area contributed by atoms with Gasteiger partial charge < -0.3 is 11.5 Å². The van der Waals surface area contributed by atoms with Gasteiger partial charge in [0.1, 0.15) is 0 Å². The Hall–Kier alpha value is -2.72. The van der Waals surface area contributed by atoms with Gasteiger partial charge >= 0.3 is 6.18 Å². The summed E-state index contributed by atoms with van der Waals surface area (Å²) in [5, 5.41) is 3.13. The van der Waals surface area contributed by atoms with Gasteiger partial charge in [0.2, 0.25) is 0 Å². The van der Waals surface area contributed by atoms with E-state index in [-0.39, 0.29) is 0 Å². The summed E-state index contributed by atoms with van der Waals surface area (Å²) in [5.41, 5.74) is 7.66. The van der Waals surface area contributed by atoms with E-state index in [0.717, 1.165) is 0 Å². The first-order valence-corrected chi connectivity index (χ1v) is 4.95. The predicted molar refractivity (Wildman–Crippen MR) is 57.0 cm³/mol. The number of anilines is 1. The largest absolute Gasteiger partial charge is 0.435 e. The van der Waals surface area contributed by atoms with E-state index in [1.807, 2.05) is 0 Å². The van der Waals surface area contributed by atoms with Gasteiger partial charge in [-0.05, 0) is 0 Å². The van der Waals surface area contributed by atoms with Crippen molar-refractivity contribution in [2.24, 2.45) is 5.73 Å². The number of nitrogen functional groups attached to an aromatic ring is 1. The average Bonchev–Trinajstić information content (AvgIpc) is 2.77. The number of hydrogen-bond donors (Lipinski definition) is 2. The first-order chi connectivity index (χ1) is 9.20. The van der Waals surface area contributed by atoms with Gasteiger partial charge in [-0.25, -0.2) is 14.1 Å². The molecule has 0 spiro atoms. The quantitative estimate of drug-likeness (QED) is 0.782. The number of carbonyl (C=O) groups is 1. The second-order valence-electron chi connectivity index (χ2n) is 3.60. The van der Waals surface area contributed by atoms with Crippen molar-refractivity contribution in [1.82, 2.24) is 19.7 Å². The molecule has 0 aromatic carbocycles. The molecular formula is C9H6F4N6O. The van der Waals surface area contributed by atoms with Crippen LogP contribution in [0.1, 0.15) is 16.1 Å². The Morgan fingerprint density at radius 2 is 2.00 bits per heavy atom. The monoisotopic (exact) mass is 290 g/mol. The standard InChI is InChI=1S/C9H6F4N6O/c10-4-1-16-8(17-6(4)14)19-2-3(7(15)20)5(18-19)9(11,12)13/h1-2H,(H2,15,20)(H2,14,16,17). The van der Waals surface area contributed by atoms with E-state index in [2.05, 4.69) is 15.1 Å². The van der Waals surface area contributed by atoms with E-state index in [9.17, 15) is 22.4 Å². The number of nitrogens with two attached hydrogens (primary N) is 2. The Balaban J connectivity index is 2.58. The highest BCUT2D eigenvalue weighted by Crippen LogP contribution is 2.30. The number of amides is 1. The highest BCUT2D eigenvalue weighted by molar-refractivity contribution is 5.94. The fraction of sp³-hybridized carbons (Fsp3) is 0.111. The van der Waals surface area contributed by atoms with E-state index in [1.165, 1.54) is 0 Å². The Morgan fingerprint density at radius 1 is 1.35 bits per heavy atom. The molecule has 0 aliphatic carbocycles. The molecule has 0 radical (unpaired) electrons. The highest BCUT2D eigenvalue weighted by atomic mass is 19.4. The Kier molecular flexibility index (Phi) is 3.04. The summed E-state index contributed by atoms with van der Waals surface area (Å²) in [7, 11) is 0. The van der Waals surface area contributed by atoms with Crippen molar-refractivity contribution in [2.45, 2.75) is 6.18 Å². The number of rotatable bonds is 2. The maximum absolute atomic E-state index is 12.9. The van der Waals surface area contributed by atoms with Gasteiger partial charge in [0.25, 0.3) is 11.9 Å². The van der Waals surface area contributed by atoms with Gasteiger partial charge in [0.05, 0.1) is 11.8 Å². The van der Waals surface area contributed by atoms with Crippen LogP contribution in [0.25, 0.3) is 5.95 Å². The maximum Gasteiger partial charge on any atom is 0.435 e. The molecule has 0 aliphatic heterocycles. The van der Waals surface area contributed by atoms with Crippen LogP contribution in [0, 0.1) is 5.82 Å². The number of aromatic nitrogens is 4. The van der Waals surface area contributed by atoms with Crippen molar-refractivity contribution in [3.8, 4) is 5.95 Å². The number of halogens is 4. The Labute approximate surface area is 108 Å². The van der Waals surface area contributed by atoms with Crippen molar-refractivity contribution >= 4 is 11.7 Å². The van der Waals surface area contributed by atoms with Gasteiger partial charge in [0.15, 0.2) is 17.3 Å². The summed E-state index contributed by atoms with van der Waals surface area (Å²) in [4.78, 5) is 17.8. The van der Waals surface area contributed by atoms with Crippen LogP contribution in [0.15, 0.2) is 12.4 Å². The highest BCUT2D eigenvalue weighted by Gasteiger charge is 2.39. The maximum atomic E-state index is 12.9. The van der Waals surface area contributed by atoms with Crippen molar-refractivity contribution in [1.29, 1.82) is 0 Å². The van der Waals surface area contributed by atoms with Crippen molar-refractivity contribution in [3.63, 3.8) is 0 Å². The van der Waals surface area contributed by atoms with Gasteiger partial charge in [-0.15, -0.1) is 0 Å². The second-order valence-corrected chi connectivity index (χ2v) is 3.60. The van der Waals surface area contributed by atoms with E-state index < -0.39 is 40.9 Å². The molecule has 2 aromatic heterocycles. The minimum Gasteiger partial charge on any atom is -0.381 e. The van der Waals surface area contributed by atoms with Crippen LogP contribution in [-0.4, -0.2) is 25.7 Å². The average molecular weight is 290 g/mol. The lowest BCUT2D eigenvalue weighted by atomic mass is 10.2. The third kappa shape index (κ3) is 2.37. The first-order valence-electron chi connectivity index (χ1n) is 4.95. The summed E-state index contributed by atoms with van der Waals surface area (Å²) in [6, 6.07) is 0. The smallest absolute Gasteiger partial charge is 0.381 e. The molecule has 0 aliphatic rings. The topological polar surface area (TPSA) is 113 Å². The minimum atomic E-state index is -4.89. The number of primary amides is 1. The Morgan fingerprint density at radius 3 is 2.45 bits per heavy atom. The molecule has 2 rings (SSSR count). The number of hydrogen-bond acceptors (Lipinski definition) is 5. The van der Waals surface area contributed by atoms with Crippen molar-refractivity contribution in [3.05, 3.63) is 29.5 Å². The zero-order valence-electron chi connectivity index (χ0n) is 9.52. The van der Waals surface area contributed by atoms with E-state index in [0.29, 0.717) is 17.1 Å². The van der Waals surface area contributed by atoms with Gasteiger partial charge in [-0.3, -0.25) is 4.79 Å². The van der Waals surface area contributed by atoms with Crippen LogP contribution >= 0.6 is 0 Å². The molecule has 0 atom stereocenters. The van der Waals surface area contributed by atoms with Gasteiger partial charge in [-0.2, -0.15) is 23.3 Å². The number of carbonyl (C=O) groups excluding carboxylic acids is 1. The lowest BCUT2D eigenvalue weighted by molar-refractivity contribution is -0.141. The van der Waals surface area contributed by atoms with Crippen LogP contribution in [0.4, 0.5) is 23.4 Å². The van der Waals surface area contributed by atoms with Crippen LogP contribution in [0.3, 0.4) is 0 Å². The molecule has 106 valence electrons. The minimum absolute atomic E-state index is 0.429. The van der Waals surface area contributed by atoms with E-state index >= 15 is 0 Å². The number of nitrogens with zero attached hydrogens (tertiary/aromatic N) is 4. The molecule has 0 fully saturated rings. The molecule has 0 bridgehead atoms. The van der Waals surface area contributed by atoms with Crippen molar-refractivity contribution < 1.29 is 22.4 Å². The molecule has 0 saturated heterocycles. The van der Waals surface area contributed by atoms with Crippen LogP contribution in [0.5, 0.6) is 0 Å². The zero-order chi connectivity index (χ0) is 15.1. The predicted octanol–water partition coefficient (Wildman–Crippen LogP) is 0.501. The fourth-order valence-electron chi connectivity index (χ4n) is 1.35. The SMILES string of the molecule is NC(=O)c1cn(-c2ncc(F)c(N)n2)nc1C(F)(F)F. The number of alkyl halides is 3. The molecule has 11 heteroatoms. The first kappa shape index (κ1) is 13.7. The molecule has 2 aromatic rings. The second kappa shape index (κ2) is 4.43. The molecular weight excluding hydrogens is 284 g/mol. The van der Waals surface area contributed by atoms with Crippen LogP contribution in [0.2, 0.25) is 0 Å². The molecule has 1 amide bonds. The molecule has 4 N–H and O–H groups in total. The summed E-state index contributed by atoms with van der Waals surface area (Å²) in [6.07, 6.45) is -3.53. The third-order valence-corrected chi connectivity index (χ3v) is 2.21.